The number of ether oxygens (including phenoxy) is 6. The summed E-state index contributed by atoms with van der Waals surface area (Å²) in [6.45, 7) is 3.44. The Morgan fingerprint density at radius 2 is 0.942 bits per heavy atom. The van der Waals surface area contributed by atoms with Crippen LogP contribution in [0.25, 0.3) is 0 Å². The molecule has 0 aromatic heterocycles. The van der Waals surface area contributed by atoms with E-state index in [2.05, 4.69) is 74.6 Å². The summed E-state index contributed by atoms with van der Waals surface area (Å²) in [4.78, 5) is 13.0. The predicted molar refractivity (Wildman–Crippen MR) is 270 cm³/mol. The van der Waals surface area contributed by atoms with Gasteiger partial charge in [-0.05, 0) is 70.6 Å². The molecule has 14 heteroatoms. The van der Waals surface area contributed by atoms with Crippen molar-refractivity contribution in [1.29, 1.82) is 0 Å². The van der Waals surface area contributed by atoms with Crippen molar-refractivity contribution >= 4 is 5.97 Å². The van der Waals surface area contributed by atoms with Crippen molar-refractivity contribution in [3.63, 3.8) is 0 Å². The molecule has 2 aliphatic rings. The summed E-state index contributed by atoms with van der Waals surface area (Å²) in [5, 5.41) is 72.1. The molecule has 11 unspecified atom stereocenters. The van der Waals surface area contributed by atoms with Crippen LogP contribution >= 0.6 is 0 Å². The molecule has 2 fully saturated rings. The Hall–Kier alpha value is -2.57. The van der Waals surface area contributed by atoms with Gasteiger partial charge in [0.15, 0.2) is 12.6 Å². The van der Waals surface area contributed by atoms with E-state index in [0.717, 1.165) is 51.4 Å². The topological polar surface area (TPSA) is 214 Å². The SMILES string of the molecule is CC/C=C\C/C=C\C/C=C\C/C=C\CCC(=O)OC(COCCCCCCCCCCCC/C=C\C/C=C\CCCCCCC)COC1OC(COC2OC(CO)C(O)C(O)C2O)C(O)C(O)C1O. The Balaban J connectivity index is 1.75. The molecule has 398 valence electrons. The molecule has 0 aliphatic carbocycles. The number of hydrogen-bond donors (Lipinski definition) is 7. The lowest BCUT2D eigenvalue weighted by molar-refractivity contribution is -0.332. The molecule has 14 nitrogen and oxygen atoms in total. The van der Waals surface area contributed by atoms with Crippen LogP contribution in [0.5, 0.6) is 0 Å². The van der Waals surface area contributed by atoms with Crippen molar-refractivity contribution < 1.29 is 69.0 Å². The maximum absolute atomic E-state index is 13.0. The third kappa shape index (κ3) is 29.5. The lowest BCUT2D eigenvalue weighted by atomic mass is 9.98. The molecule has 2 rings (SSSR count). The minimum atomic E-state index is -1.72. The Morgan fingerprint density at radius 1 is 0.493 bits per heavy atom. The standard InChI is InChI=1S/C55H94O14/c1-3-5-7-9-11-13-15-17-18-19-20-21-22-23-24-25-27-29-31-33-35-37-39-64-41-44(67-47(57)38-36-34-32-30-28-26-16-14-12-10-8-6-4-2)42-65-54-53(63)51(61)49(59)46(69-54)43-66-55-52(62)50(60)48(58)45(40-56)68-55/h6,8,12,14-15,17,19-20,26,28,32,34,44-46,48-56,58-63H,3-5,7,9-11,13,16,18,21-25,27,29-31,33,35-43H2,1-2H3/b8-6-,14-12-,17-15-,20-19-,28-26-,34-32-. The van der Waals surface area contributed by atoms with Gasteiger partial charge in [-0.25, -0.2) is 0 Å². The largest absolute Gasteiger partial charge is 0.457 e. The van der Waals surface area contributed by atoms with Gasteiger partial charge in [-0.1, -0.05) is 164 Å². The number of esters is 1. The summed E-state index contributed by atoms with van der Waals surface area (Å²) in [6, 6.07) is 0. The second-order valence-electron chi connectivity index (χ2n) is 18.3. The fourth-order valence-corrected chi connectivity index (χ4v) is 7.92. The Labute approximate surface area is 415 Å². The van der Waals surface area contributed by atoms with Crippen molar-refractivity contribution in [2.24, 2.45) is 0 Å². The van der Waals surface area contributed by atoms with E-state index in [1.165, 1.54) is 89.9 Å². The van der Waals surface area contributed by atoms with E-state index in [1.807, 2.05) is 12.2 Å². The lowest BCUT2D eigenvalue weighted by Crippen LogP contribution is -2.61. The van der Waals surface area contributed by atoms with Gasteiger partial charge in [0.2, 0.25) is 0 Å². The van der Waals surface area contributed by atoms with E-state index < -0.39 is 86.7 Å². The zero-order valence-electron chi connectivity index (χ0n) is 42.3. The van der Waals surface area contributed by atoms with Gasteiger partial charge in [-0.15, -0.1) is 0 Å². The quantitative estimate of drug-likeness (QED) is 0.0175. The molecule has 0 bridgehead atoms. The van der Waals surface area contributed by atoms with Crippen LogP contribution < -0.4 is 0 Å². The molecule has 2 aliphatic heterocycles. The van der Waals surface area contributed by atoms with E-state index in [4.69, 9.17) is 28.4 Å². The van der Waals surface area contributed by atoms with Crippen LogP contribution in [-0.2, 0) is 33.2 Å². The lowest BCUT2D eigenvalue weighted by Gasteiger charge is -2.42. The molecule has 69 heavy (non-hydrogen) atoms. The van der Waals surface area contributed by atoms with E-state index >= 15 is 0 Å². The molecule has 0 aromatic rings. The Morgan fingerprint density at radius 3 is 1.48 bits per heavy atom. The monoisotopic (exact) mass is 979 g/mol. The van der Waals surface area contributed by atoms with Crippen molar-refractivity contribution in [3.8, 4) is 0 Å². The number of carbonyl (C=O) groups is 1. The van der Waals surface area contributed by atoms with Gasteiger partial charge < -0.3 is 64.2 Å². The van der Waals surface area contributed by atoms with E-state index in [1.54, 1.807) is 0 Å². The summed E-state index contributed by atoms with van der Waals surface area (Å²) < 4.78 is 34.2. The number of rotatable bonds is 41. The van der Waals surface area contributed by atoms with Crippen LogP contribution in [0.3, 0.4) is 0 Å². The highest BCUT2D eigenvalue weighted by Gasteiger charge is 2.47. The smallest absolute Gasteiger partial charge is 0.306 e. The molecule has 0 radical (unpaired) electrons. The minimum Gasteiger partial charge on any atom is -0.457 e. The summed E-state index contributed by atoms with van der Waals surface area (Å²) in [5.41, 5.74) is 0. The number of hydrogen-bond acceptors (Lipinski definition) is 14. The zero-order valence-corrected chi connectivity index (χ0v) is 42.3. The number of aliphatic hydroxyl groups is 7. The van der Waals surface area contributed by atoms with Crippen LogP contribution in [0.15, 0.2) is 72.9 Å². The zero-order chi connectivity index (χ0) is 50.2. The van der Waals surface area contributed by atoms with Crippen molar-refractivity contribution in [2.45, 2.75) is 235 Å². The number of unbranched alkanes of at least 4 members (excludes halogenated alkanes) is 15. The van der Waals surface area contributed by atoms with Crippen LogP contribution in [0.2, 0.25) is 0 Å². The average molecular weight is 979 g/mol. The van der Waals surface area contributed by atoms with Gasteiger partial charge in [0, 0.05) is 13.0 Å². The van der Waals surface area contributed by atoms with Gasteiger partial charge in [0.1, 0.15) is 54.9 Å². The first-order chi connectivity index (χ1) is 33.6. The third-order valence-electron chi connectivity index (χ3n) is 12.2. The average Bonchev–Trinajstić information content (AvgIpc) is 3.35. The van der Waals surface area contributed by atoms with Gasteiger partial charge in [0.25, 0.3) is 0 Å². The second kappa shape index (κ2) is 42.0. The first-order valence-corrected chi connectivity index (χ1v) is 26.5. The minimum absolute atomic E-state index is 0.0272. The van der Waals surface area contributed by atoms with Crippen molar-refractivity contribution in [1.82, 2.24) is 0 Å². The van der Waals surface area contributed by atoms with E-state index in [0.29, 0.717) is 13.0 Å². The van der Waals surface area contributed by atoms with Crippen molar-refractivity contribution in [2.75, 3.05) is 33.0 Å². The highest BCUT2D eigenvalue weighted by Crippen LogP contribution is 2.26. The number of carbonyl (C=O) groups excluding carboxylic acids is 1. The molecule has 2 saturated heterocycles. The summed E-state index contributed by atoms with van der Waals surface area (Å²) in [5.74, 6) is -0.458. The van der Waals surface area contributed by atoms with Crippen LogP contribution in [0.1, 0.15) is 168 Å². The fourth-order valence-electron chi connectivity index (χ4n) is 7.92. The fraction of sp³-hybridized carbons (Fsp3) is 0.764. The van der Waals surface area contributed by atoms with Gasteiger partial charge in [-0.2, -0.15) is 0 Å². The normalized spacial score (nSPS) is 26.3. The molecule has 0 saturated carbocycles. The third-order valence-corrected chi connectivity index (χ3v) is 12.2. The summed E-state index contributed by atoms with van der Waals surface area (Å²) >= 11 is 0. The summed E-state index contributed by atoms with van der Waals surface area (Å²) in [7, 11) is 0. The maximum atomic E-state index is 13.0. The molecule has 0 amide bonds. The van der Waals surface area contributed by atoms with Crippen LogP contribution in [-0.4, -0.2) is 142 Å². The van der Waals surface area contributed by atoms with E-state index in [-0.39, 0.29) is 19.6 Å². The molecule has 2 heterocycles. The number of allylic oxidation sites excluding steroid dienone is 12. The molecular weight excluding hydrogens is 885 g/mol. The molecule has 0 spiro atoms. The maximum Gasteiger partial charge on any atom is 0.306 e. The Kier molecular flexibility index (Phi) is 38.1. The van der Waals surface area contributed by atoms with Crippen LogP contribution in [0, 0.1) is 0 Å². The first kappa shape index (κ1) is 62.5. The van der Waals surface area contributed by atoms with Gasteiger partial charge >= 0.3 is 5.97 Å². The molecule has 7 N–H and O–H groups in total. The molecular formula is C55H94O14. The summed E-state index contributed by atoms with van der Waals surface area (Å²) in [6.07, 6.45) is 35.6. The highest BCUT2D eigenvalue weighted by molar-refractivity contribution is 5.69. The molecule has 0 aromatic carbocycles. The van der Waals surface area contributed by atoms with E-state index in [9.17, 15) is 40.5 Å². The number of aliphatic hydroxyl groups excluding tert-OH is 7. The Bertz CT molecular complexity index is 1410. The van der Waals surface area contributed by atoms with Crippen molar-refractivity contribution in [3.05, 3.63) is 72.9 Å². The molecule has 11 atom stereocenters. The van der Waals surface area contributed by atoms with Gasteiger partial charge in [0.05, 0.1) is 26.4 Å². The van der Waals surface area contributed by atoms with Crippen LogP contribution in [0.4, 0.5) is 0 Å². The highest BCUT2D eigenvalue weighted by atomic mass is 16.7. The predicted octanol–water partition coefficient (Wildman–Crippen LogP) is 8.29. The second-order valence-corrected chi connectivity index (χ2v) is 18.3. The van der Waals surface area contributed by atoms with Gasteiger partial charge in [-0.3, -0.25) is 4.79 Å². The first-order valence-electron chi connectivity index (χ1n) is 26.5.